The van der Waals surface area contributed by atoms with E-state index < -0.39 is 41.6 Å². The number of carboxylic acids is 1. The Bertz CT molecular complexity index is 710. The molecule has 0 atom stereocenters. The summed E-state index contributed by atoms with van der Waals surface area (Å²) in [4.78, 5) is 37.3. The van der Waals surface area contributed by atoms with Crippen molar-refractivity contribution >= 4 is 17.8 Å². The molecule has 1 saturated carbocycles. The van der Waals surface area contributed by atoms with Crippen LogP contribution in [0.15, 0.2) is 24.3 Å². The number of carboxylic acid groups (broad SMARTS) is 1. The molecule has 27 heavy (non-hydrogen) atoms. The van der Waals surface area contributed by atoms with E-state index in [2.05, 4.69) is 5.32 Å². The zero-order valence-electron chi connectivity index (χ0n) is 14.8. The minimum Gasteiger partial charge on any atom is -0.479 e. The molecule has 1 aromatic rings. The number of hydrogen-bond donors (Lipinski definition) is 2. The molecule has 148 valence electrons. The number of amides is 2. The molecule has 1 aliphatic carbocycles. The van der Waals surface area contributed by atoms with Crippen LogP contribution in [0, 0.1) is 0 Å². The summed E-state index contributed by atoms with van der Waals surface area (Å²) in [5.41, 5.74) is -2.19. The van der Waals surface area contributed by atoms with Gasteiger partial charge in [0.15, 0.2) is 0 Å². The molecule has 2 rings (SSSR count). The average molecular weight is 386 g/mol. The standard InChI is InChI=1S/C18H21F3N2O4/c1-23(17(16(26)27)9-3-2-4-10-17)14(24)11-22-15(25)12-5-7-13(8-6-12)18(19,20)21/h5-8H,2-4,9-11H2,1H3,(H,22,25)(H,26,27). The van der Waals surface area contributed by atoms with Gasteiger partial charge in [0.05, 0.1) is 12.1 Å². The topological polar surface area (TPSA) is 86.7 Å². The van der Waals surface area contributed by atoms with Crippen LogP contribution in [0.5, 0.6) is 0 Å². The number of nitrogens with one attached hydrogen (secondary N) is 1. The highest BCUT2D eigenvalue weighted by molar-refractivity contribution is 5.97. The number of benzene rings is 1. The van der Waals surface area contributed by atoms with E-state index in [9.17, 15) is 32.7 Å². The predicted octanol–water partition coefficient (Wildman–Crippen LogP) is 2.68. The molecule has 0 heterocycles. The Balaban J connectivity index is 1.99. The Labute approximate surface area is 154 Å². The molecular weight excluding hydrogens is 365 g/mol. The molecule has 0 aliphatic heterocycles. The molecule has 0 spiro atoms. The highest BCUT2D eigenvalue weighted by Crippen LogP contribution is 2.33. The molecule has 1 aliphatic rings. The van der Waals surface area contributed by atoms with Gasteiger partial charge in [-0.3, -0.25) is 9.59 Å². The lowest BCUT2D eigenvalue weighted by Gasteiger charge is -2.41. The van der Waals surface area contributed by atoms with E-state index in [1.807, 2.05) is 0 Å². The van der Waals surface area contributed by atoms with Crippen LogP contribution in [0.4, 0.5) is 13.2 Å². The van der Waals surface area contributed by atoms with Crippen molar-refractivity contribution < 1.29 is 32.7 Å². The number of hydrogen-bond acceptors (Lipinski definition) is 3. The van der Waals surface area contributed by atoms with Crippen LogP contribution in [0.25, 0.3) is 0 Å². The fourth-order valence-corrected chi connectivity index (χ4v) is 3.26. The van der Waals surface area contributed by atoms with Gasteiger partial charge in [0, 0.05) is 12.6 Å². The van der Waals surface area contributed by atoms with E-state index in [1.54, 1.807) is 0 Å². The lowest BCUT2D eigenvalue weighted by Crippen LogP contribution is -2.58. The quantitative estimate of drug-likeness (QED) is 0.815. The van der Waals surface area contributed by atoms with Crippen LogP contribution < -0.4 is 5.32 Å². The van der Waals surface area contributed by atoms with Crippen molar-refractivity contribution in [2.75, 3.05) is 13.6 Å². The molecule has 0 unspecified atom stereocenters. The number of carbonyl (C=O) groups is 3. The van der Waals surface area contributed by atoms with Gasteiger partial charge in [-0.05, 0) is 37.1 Å². The first-order valence-corrected chi connectivity index (χ1v) is 8.53. The minimum absolute atomic E-state index is 0.0240. The largest absolute Gasteiger partial charge is 0.479 e. The maximum atomic E-state index is 12.5. The third-order valence-corrected chi connectivity index (χ3v) is 4.97. The average Bonchev–Trinajstić information content (AvgIpc) is 2.65. The second-order valence-corrected chi connectivity index (χ2v) is 6.61. The summed E-state index contributed by atoms with van der Waals surface area (Å²) in [5.74, 6) is -2.36. The highest BCUT2D eigenvalue weighted by atomic mass is 19.4. The summed E-state index contributed by atoms with van der Waals surface area (Å²) in [6, 6.07) is 3.60. The fourth-order valence-electron chi connectivity index (χ4n) is 3.26. The molecule has 0 bridgehead atoms. The van der Waals surface area contributed by atoms with Gasteiger partial charge in [-0.15, -0.1) is 0 Å². The Hall–Kier alpha value is -2.58. The number of halogens is 3. The number of aliphatic carboxylic acids is 1. The van der Waals surface area contributed by atoms with E-state index in [1.165, 1.54) is 7.05 Å². The summed E-state index contributed by atoms with van der Waals surface area (Å²) in [7, 11) is 1.39. The molecular formula is C18H21F3N2O4. The van der Waals surface area contributed by atoms with Crippen LogP contribution >= 0.6 is 0 Å². The van der Waals surface area contributed by atoms with Gasteiger partial charge in [-0.1, -0.05) is 19.3 Å². The van der Waals surface area contributed by atoms with Crippen molar-refractivity contribution in [3.05, 3.63) is 35.4 Å². The Morgan fingerprint density at radius 1 is 1.11 bits per heavy atom. The third-order valence-electron chi connectivity index (χ3n) is 4.97. The highest BCUT2D eigenvalue weighted by Gasteiger charge is 2.45. The van der Waals surface area contributed by atoms with E-state index in [4.69, 9.17) is 0 Å². The number of rotatable bonds is 5. The maximum absolute atomic E-state index is 12.5. The molecule has 1 fully saturated rings. The lowest BCUT2D eigenvalue weighted by molar-refractivity contribution is -0.159. The Kier molecular flexibility index (Phi) is 6.12. The molecule has 2 N–H and O–H groups in total. The SMILES string of the molecule is CN(C(=O)CNC(=O)c1ccc(C(F)(F)F)cc1)C1(C(=O)O)CCCCC1. The van der Waals surface area contributed by atoms with Crippen LogP contribution in [0.1, 0.15) is 48.0 Å². The zero-order chi connectivity index (χ0) is 20.2. The minimum atomic E-state index is -4.50. The maximum Gasteiger partial charge on any atom is 0.416 e. The molecule has 0 aromatic heterocycles. The Morgan fingerprint density at radius 2 is 1.67 bits per heavy atom. The van der Waals surface area contributed by atoms with Gasteiger partial charge in [0.25, 0.3) is 5.91 Å². The van der Waals surface area contributed by atoms with E-state index in [-0.39, 0.29) is 5.56 Å². The molecule has 6 nitrogen and oxygen atoms in total. The molecule has 2 amide bonds. The number of alkyl halides is 3. The van der Waals surface area contributed by atoms with Crippen molar-refractivity contribution in [2.45, 2.75) is 43.8 Å². The summed E-state index contributed by atoms with van der Waals surface area (Å²) in [6.45, 7) is -0.439. The molecule has 0 saturated heterocycles. The molecule has 1 aromatic carbocycles. The van der Waals surface area contributed by atoms with Crippen molar-refractivity contribution in [3.63, 3.8) is 0 Å². The van der Waals surface area contributed by atoms with Crippen LogP contribution in [0.2, 0.25) is 0 Å². The lowest BCUT2D eigenvalue weighted by atomic mass is 9.80. The first-order chi connectivity index (χ1) is 12.6. The van der Waals surface area contributed by atoms with Gasteiger partial charge in [-0.25, -0.2) is 4.79 Å². The molecule has 0 radical (unpaired) electrons. The first kappa shape index (κ1) is 20.7. The van der Waals surface area contributed by atoms with Crippen LogP contribution in [-0.4, -0.2) is 46.9 Å². The predicted molar refractivity (Wildman–Crippen MR) is 90.0 cm³/mol. The fraction of sp³-hybridized carbons (Fsp3) is 0.500. The van der Waals surface area contributed by atoms with Gasteiger partial charge in [0.2, 0.25) is 5.91 Å². The second kappa shape index (κ2) is 7.98. The van der Waals surface area contributed by atoms with Gasteiger partial charge in [0.1, 0.15) is 5.54 Å². The summed E-state index contributed by atoms with van der Waals surface area (Å²) >= 11 is 0. The third kappa shape index (κ3) is 4.58. The van der Waals surface area contributed by atoms with E-state index in [0.717, 1.165) is 35.6 Å². The van der Waals surface area contributed by atoms with Gasteiger partial charge < -0.3 is 15.3 Å². The van der Waals surface area contributed by atoms with Crippen molar-refractivity contribution in [3.8, 4) is 0 Å². The smallest absolute Gasteiger partial charge is 0.416 e. The number of likely N-dealkylation sites (N-methyl/N-ethyl adjacent to an activating group) is 1. The zero-order valence-corrected chi connectivity index (χ0v) is 14.8. The summed E-state index contributed by atoms with van der Waals surface area (Å²) < 4.78 is 37.6. The number of carbonyl (C=O) groups excluding carboxylic acids is 2. The van der Waals surface area contributed by atoms with Crippen LogP contribution in [0.3, 0.4) is 0 Å². The normalized spacial score (nSPS) is 16.4. The number of nitrogens with zero attached hydrogens (tertiary/aromatic N) is 1. The van der Waals surface area contributed by atoms with Crippen molar-refractivity contribution in [1.29, 1.82) is 0 Å². The van der Waals surface area contributed by atoms with E-state index in [0.29, 0.717) is 25.7 Å². The van der Waals surface area contributed by atoms with Gasteiger partial charge >= 0.3 is 12.1 Å². The van der Waals surface area contributed by atoms with Gasteiger partial charge in [-0.2, -0.15) is 13.2 Å². The van der Waals surface area contributed by atoms with E-state index >= 15 is 0 Å². The monoisotopic (exact) mass is 386 g/mol. The van der Waals surface area contributed by atoms with Crippen molar-refractivity contribution in [1.82, 2.24) is 10.2 Å². The van der Waals surface area contributed by atoms with Crippen LogP contribution in [-0.2, 0) is 15.8 Å². The first-order valence-electron chi connectivity index (χ1n) is 8.53. The second-order valence-electron chi connectivity index (χ2n) is 6.61. The summed E-state index contributed by atoms with van der Waals surface area (Å²) in [5, 5.41) is 11.9. The summed E-state index contributed by atoms with van der Waals surface area (Å²) in [6.07, 6.45) is -1.51. The Morgan fingerprint density at radius 3 is 2.15 bits per heavy atom. The molecule has 9 heteroatoms. The van der Waals surface area contributed by atoms with Crippen molar-refractivity contribution in [2.24, 2.45) is 0 Å².